The van der Waals surface area contributed by atoms with Crippen LogP contribution in [0.3, 0.4) is 0 Å². The Hall–Kier alpha value is -1.30. The number of hydrogen-bond donors (Lipinski definition) is 2. The Kier molecular flexibility index (Phi) is 2.95. The average Bonchev–Trinajstić information content (AvgIpc) is 2.02. The minimum absolute atomic E-state index is 0.192. The number of aromatic nitrogens is 1. The van der Waals surface area contributed by atoms with Crippen molar-refractivity contribution in [1.29, 1.82) is 0 Å². The third kappa shape index (κ3) is 2.59. The van der Waals surface area contributed by atoms with Crippen LogP contribution in [0.2, 0.25) is 0 Å². The second kappa shape index (κ2) is 3.83. The van der Waals surface area contributed by atoms with E-state index in [0.717, 1.165) is 6.07 Å². The minimum atomic E-state index is -4.52. The van der Waals surface area contributed by atoms with E-state index in [-0.39, 0.29) is 18.7 Å². The first-order chi connectivity index (χ1) is 6.43. The van der Waals surface area contributed by atoms with Gasteiger partial charge in [0.2, 0.25) is 0 Å². The summed E-state index contributed by atoms with van der Waals surface area (Å²) in [6, 6.07) is 1.64. The number of rotatable bonds is 2. The molecule has 3 N–H and O–H groups in total. The van der Waals surface area contributed by atoms with E-state index in [0.29, 0.717) is 6.07 Å². The Balaban J connectivity index is 3.14. The number of alkyl halides is 3. The molecule has 3 nitrogen and oxygen atoms in total. The van der Waals surface area contributed by atoms with Crippen molar-refractivity contribution in [2.75, 3.05) is 6.54 Å². The van der Waals surface area contributed by atoms with Gasteiger partial charge >= 0.3 is 6.18 Å². The lowest BCUT2D eigenvalue weighted by Crippen LogP contribution is -2.16. The van der Waals surface area contributed by atoms with Crippen molar-refractivity contribution in [2.24, 2.45) is 5.73 Å². The van der Waals surface area contributed by atoms with Crippen LogP contribution >= 0.6 is 0 Å². The van der Waals surface area contributed by atoms with Crippen LogP contribution in [0.5, 0.6) is 0 Å². The van der Waals surface area contributed by atoms with Crippen molar-refractivity contribution in [3.05, 3.63) is 33.7 Å². The van der Waals surface area contributed by atoms with Crippen LogP contribution in [0.15, 0.2) is 16.9 Å². The summed E-state index contributed by atoms with van der Waals surface area (Å²) in [5.41, 5.74) is 3.67. The summed E-state index contributed by atoms with van der Waals surface area (Å²) in [4.78, 5) is 13.0. The van der Waals surface area contributed by atoms with Crippen molar-refractivity contribution in [2.45, 2.75) is 12.6 Å². The molecule has 0 unspecified atom stereocenters. The zero-order valence-electron chi connectivity index (χ0n) is 7.19. The SMILES string of the molecule is NCCc1cc(=O)cc(C(F)(F)F)[nH]1. The molecular formula is C8H9F3N2O. The van der Waals surface area contributed by atoms with Gasteiger partial charge in [0, 0.05) is 17.8 Å². The molecule has 0 fully saturated rings. The van der Waals surface area contributed by atoms with E-state index in [2.05, 4.69) is 4.98 Å². The summed E-state index contributed by atoms with van der Waals surface area (Å²) in [5.74, 6) is 0. The zero-order chi connectivity index (χ0) is 10.8. The summed E-state index contributed by atoms with van der Waals surface area (Å²) in [6.45, 7) is 0.192. The van der Waals surface area contributed by atoms with Crippen LogP contribution in [0.25, 0.3) is 0 Å². The van der Waals surface area contributed by atoms with Gasteiger partial charge in [-0.25, -0.2) is 0 Å². The highest BCUT2D eigenvalue weighted by molar-refractivity contribution is 5.14. The molecule has 1 rings (SSSR count). The molecule has 78 valence electrons. The van der Waals surface area contributed by atoms with E-state index < -0.39 is 17.3 Å². The molecule has 0 saturated carbocycles. The highest BCUT2D eigenvalue weighted by atomic mass is 19.4. The first kappa shape index (κ1) is 10.8. The summed E-state index contributed by atoms with van der Waals surface area (Å²) >= 11 is 0. The van der Waals surface area contributed by atoms with Crippen LogP contribution < -0.4 is 11.2 Å². The van der Waals surface area contributed by atoms with Crippen molar-refractivity contribution >= 4 is 0 Å². The Bertz CT molecular complexity index is 370. The fourth-order valence-corrected chi connectivity index (χ4v) is 1.04. The van der Waals surface area contributed by atoms with E-state index in [1.165, 1.54) is 0 Å². The number of hydrogen-bond acceptors (Lipinski definition) is 2. The molecule has 1 heterocycles. The summed E-state index contributed by atoms with van der Waals surface area (Å²) in [7, 11) is 0. The van der Waals surface area contributed by atoms with Gasteiger partial charge in [-0.15, -0.1) is 0 Å². The molecule has 0 amide bonds. The highest BCUT2D eigenvalue weighted by Gasteiger charge is 2.32. The standard InChI is InChI=1S/C8H9F3N2O/c9-8(10,11)7-4-6(14)3-5(13-7)1-2-12/h3-4H,1-2,12H2,(H,13,14). The Morgan fingerprint density at radius 2 is 2.00 bits per heavy atom. The molecule has 0 aliphatic rings. The molecule has 14 heavy (non-hydrogen) atoms. The molecule has 0 spiro atoms. The van der Waals surface area contributed by atoms with Crippen molar-refractivity contribution in [3.63, 3.8) is 0 Å². The first-order valence-electron chi connectivity index (χ1n) is 3.94. The topological polar surface area (TPSA) is 58.9 Å². The van der Waals surface area contributed by atoms with Gasteiger partial charge in [-0.3, -0.25) is 4.79 Å². The van der Waals surface area contributed by atoms with Crippen molar-refractivity contribution in [3.8, 4) is 0 Å². The fraction of sp³-hybridized carbons (Fsp3) is 0.375. The Morgan fingerprint density at radius 1 is 1.36 bits per heavy atom. The van der Waals surface area contributed by atoms with Gasteiger partial charge in [0.1, 0.15) is 5.69 Å². The lowest BCUT2D eigenvalue weighted by molar-refractivity contribution is -0.141. The number of nitrogens with two attached hydrogens (primary N) is 1. The average molecular weight is 206 g/mol. The molecule has 0 atom stereocenters. The molecular weight excluding hydrogens is 197 g/mol. The predicted octanol–water partition coefficient (Wildman–Crippen LogP) is 0.895. The molecule has 0 bridgehead atoms. The molecule has 1 aromatic rings. The third-order valence-corrected chi connectivity index (χ3v) is 1.62. The van der Waals surface area contributed by atoms with Gasteiger partial charge in [0.05, 0.1) is 0 Å². The third-order valence-electron chi connectivity index (χ3n) is 1.62. The summed E-state index contributed by atoms with van der Waals surface area (Å²) in [5, 5.41) is 0. The van der Waals surface area contributed by atoms with Gasteiger partial charge in [-0.2, -0.15) is 13.2 Å². The molecule has 0 aliphatic carbocycles. The minimum Gasteiger partial charge on any atom is -0.355 e. The van der Waals surface area contributed by atoms with Crippen molar-refractivity contribution < 1.29 is 13.2 Å². The van der Waals surface area contributed by atoms with Crippen LogP contribution in [-0.2, 0) is 12.6 Å². The van der Waals surface area contributed by atoms with Crippen LogP contribution in [0, 0.1) is 0 Å². The molecule has 0 saturated heterocycles. The molecule has 0 aliphatic heterocycles. The van der Waals surface area contributed by atoms with Crippen molar-refractivity contribution in [1.82, 2.24) is 4.98 Å². The number of pyridine rings is 1. The summed E-state index contributed by atoms with van der Waals surface area (Å²) in [6.07, 6.45) is -4.30. The normalized spacial score (nSPS) is 11.7. The largest absolute Gasteiger partial charge is 0.431 e. The molecule has 0 radical (unpaired) electrons. The molecule has 0 aromatic carbocycles. The van der Waals surface area contributed by atoms with Crippen LogP contribution in [-0.4, -0.2) is 11.5 Å². The second-order valence-corrected chi connectivity index (χ2v) is 2.79. The Morgan fingerprint density at radius 3 is 2.50 bits per heavy atom. The number of aromatic amines is 1. The van der Waals surface area contributed by atoms with E-state index in [9.17, 15) is 18.0 Å². The van der Waals surface area contributed by atoms with Gasteiger partial charge in [-0.1, -0.05) is 0 Å². The monoisotopic (exact) mass is 206 g/mol. The first-order valence-corrected chi connectivity index (χ1v) is 3.94. The van der Waals surface area contributed by atoms with E-state index in [1.54, 1.807) is 0 Å². The second-order valence-electron chi connectivity index (χ2n) is 2.79. The quantitative estimate of drug-likeness (QED) is 0.755. The number of H-pyrrole nitrogens is 1. The molecule has 6 heteroatoms. The smallest absolute Gasteiger partial charge is 0.355 e. The van der Waals surface area contributed by atoms with Gasteiger partial charge in [0.25, 0.3) is 0 Å². The van der Waals surface area contributed by atoms with E-state index >= 15 is 0 Å². The maximum Gasteiger partial charge on any atom is 0.431 e. The lowest BCUT2D eigenvalue weighted by atomic mass is 10.2. The number of halogens is 3. The van der Waals surface area contributed by atoms with Crippen LogP contribution in [0.4, 0.5) is 13.2 Å². The summed E-state index contributed by atoms with van der Waals surface area (Å²) < 4.78 is 36.6. The maximum absolute atomic E-state index is 12.2. The van der Waals surface area contributed by atoms with Gasteiger partial charge in [-0.05, 0) is 13.0 Å². The van der Waals surface area contributed by atoms with Crippen LogP contribution in [0.1, 0.15) is 11.4 Å². The van der Waals surface area contributed by atoms with Gasteiger partial charge < -0.3 is 10.7 Å². The Labute approximate surface area is 77.7 Å². The van der Waals surface area contributed by atoms with E-state index in [1.807, 2.05) is 0 Å². The van der Waals surface area contributed by atoms with Gasteiger partial charge in [0.15, 0.2) is 5.43 Å². The fourth-order valence-electron chi connectivity index (χ4n) is 1.04. The lowest BCUT2D eigenvalue weighted by Gasteiger charge is -2.08. The number of nitrogens with one attached hydrogen (secondary N) is 1. The zero-order valence-corrected chi connectivity index (χ0v) is 7.19. The predicted molar refractivity (Wildman–Crippen MR) is 44.8 cm³/mol. The molecule has 1 aromatic heterocycles. The maximum atomic E-state index is 12.2. The highest BCUT2D eigenvalue weighted by Crippen LogP contribution is 2.26. The van der Waals surface area contributed by atoms with E-state index in [4.69, 9.17) is 5.73 Å².